The summed E-state index contributed by atoms with van der Waals surface area (Å²) in [5.41, 5.74) is 2.68. The van der Waals surface area contributed by atoms with Crippen LogP contribution in [0, 0.1) is 0 Å². The lowest BCUT2D eigenvalue weighted by Gasteiger charge is -2.34. The smallest absolute Gasteiger partial charge is 0.243 e. The number of hydrogen-bond donors (Lipinski definition) is 1. The number of nitrogens with one attached hydrogen (secondary N) is 1. The summed E-state index contributed by atoms with van der Waals surface area (Å²) >= 11 is 1.35. The SMILES string of the molecule is C[C@H]1CCCCN1S(=O)(=O)c1ccc(NC(=O)CSc2nnc3n2C(C)(C)Cc2ccccc2-3)cc1. The molecule has 3 aromatic rings. The average molecular weight is 526 g/mol. The second-order valence-electron chi connectivity index (χ2n) is 10.1. The molecule has 10 heteroatoms. The fourth-order valence-corrected chi connectivity index (χ4v) is 7.72. The van der Waals surface area contributed by atoms with E-state index in [0.29, 0.717) is 17.4 Å². The third kappa shape index (κ3) is 4.69. The number of thioether (sulfide) groups is 1. The van der Waals surface area contributed by atoms with Crippen molar-refractivity contribution in [3.8, 4) is 11.4 Å². The molecule has 1 N–H and O–H groups in total. The van der Waals surface area contributed by atoms with Gasteiger partial charge in [-0.1, -0.05) is 42.4 Å². The maximum absolute atomic E-state index is 13.0. The Hall–Kier alpha value is -2.69. The molecule has 0 spiro atoms. The van der Waals surface area contributed by atoms with Crippen LogP contribution in [0.25, 0.3) is 11.4 Å². The van der Waals surface area contributed by atoms with Crippen LogP contribution in [0.5, 0.6) is 0 Å². The lowest BCUT2D eigenvalue weighted by Crippen LogP contribution is -2.41. The Bertz CT molecular complexity index is 1380. The standard InChI is InChI=1S/C26H31N5O3S2/c1-18-8-6-7-15-30(18)36(33,34)21-13-11-20(12-14-21)27-23(32)17-35-25-29-28-24-22-10-5-4-9-19(22)16-26(2,3)31(24)25/h4-5,9-14,18H,6-8,15-17H2,1-3H3,(H,27,32)/t18-/m0/s1. The third-order valence-electron chi connectivity index (χ3n) is 6.94. The Morgan fingerprint density at radius 1 is 1.11 bits per heavy atom. The van der Waals surface area contributed by atoms with Gasteiger partial charge in [-0.3, -0.25) is 9.36 Å². The molecule has 1 aromatic heterocycles. The molecule has 2 aliphatic rings. The Morgan fingerprint density at radius 2 is 1.86 bits per heavy atom. The molecule has 8 nitrogen and oxygen atoms in total. The van der Waals surface area contributed by atoms with Crippen molar-refractivity contribution >= 4 is 33.4 Å². The predicted octanol–water partition coefficient (Wildman–Crippen LogP) is 4.53. The topological polar surface area (TPSA) is 97.2 Å². The monoisotopic (exact) mass is 525 g/mol. The van der Waals surface area contributed by atoms with E-state index in [-0.39, 0.29) is 28.1 Å². The Kier molecular flexibility index (Phi) is 6.69. The second kappa shape index (κ2) is 9.64. The molecule has 1 fully saturated rings. The van der Waals surface area contributed by atoms with E-state index in [9.17, 15) is 13.2 Å². The molecule has 190 valence electrons. The van der Waals surface area contributed by atoms with Crippen molar-refractivity contribution in [1.82, 2.24) is 19.1 Å². The van der Waals surface area contributed by atoms with Crippen LogP contribution in [-0.2, 0) is 26.8 Å². The molecule has 1 saturated heterocycles. The normalized spacial score (nSPS) is 19.4. The highest BCUT2D eigenvalue weighted by atomic mass is 32.2. The number of aromatic nitrogens is 3. The lowest BCUT2D eigenvalue weighted by atomic mass is 9.87. The summed E-state index contributed by atoms with van der Waals surface area (Å²) < 4.78 is 29.8. The molecular weight excluding hydrogens is 494 g/mol. The summed E-state index contributed by atoms with van der Waals surface area (Å²) in [7, 11) is -3.54. The van der Waals surface area contributed by atoms with E-state index in [1.165, 1.54) is 17.3 Å². The number of anilines is 1. The van der Waals surface area contributed by atoms with Gasteiger partial charge in [0, 0.05) is 29.4 Å². The van der Waals surface area contributed by atoms with Gasteiger partial charge in [0.15, 0.2) is 11.0 Å². The predicted molar refractivity (Wildman–Crippen MR) is 141 cm³/mol. The molecule has 0 unspecified atom stereocenters. The van der Waals surface area contributed by atoms with Crippen LogP contribution < -0.4 is 5.32 Å². The van der Waals surface area contributed by atoms with Gasteiger partial charge in [0.1, 0.15) is 0 Å². The minimum Gasteiger partial charge on any atom is -0.325 e. The van der Waals surface area contributed by atoms with Gasteiger partial charge >= 0.3 is 0 Å². The van der Waals surface area contributed by atoms with E-state index in [1.54, 1.807) is 28.6 Å². The number of carbonyl (C=O) groups is 1. The van der Waals surface area contributed by atoms with E-state index in [0.717, 1.165) is 37.1 Å². The molecule has 36 heavy (non-hydrogen) atoms. The third-order valence-corrected chi connectivity index (χ3v) is 9.90. The van der Waals surface area contributed by atoms with E-state index in [2.05, 4.69) is 46.1 Å². The highest BCUT2D eigenvalue weighted by Crippen LogP contribution is 2.39. The minimum absolute atomic E-state index is 0.00140. The fourth-order valence-electron chi connectivity index (χ4n) is 5.12. The maximum Gasteiger partial charge on any atom is 0.243 e. The van der Waals surface area contributed by atoms with Gasteiger partial charge in [-0.15, -0.1) is 10.2 Å². The first kappa shape index (κ1) is 25.0. The first-order valence-corrected chi connectivity index (χ1v) is 14.7. The van der Waals surface area contributed by atoms with E-state index in [4.69, 9.17) is 0 Å². The highest BCUT2D eigenvalue weighted by Gasteiger charge is 2.34. The van der Waals surface area contributed by atoms with E-state index < -0.39 is 10.0 Å². The minimum atomic E-state index is -3.54. The molecule has 3 heterocycles. The summed E-state index contributed by atoms with van der Waals surface area (Å²) in [6, 6.07) is 14.6. The van der Waals surface area contributed by atoms with Crippen LogP contribution in [0.15, 0.2) is 58.6 Å². The zero-order chi connectivity index (χ0) is 25.5. The molecule has 5 rings (SSSR count). The summed E-state index contributed by atoms with van der Waals surface area (Å²) in [4.78, 5) is 12.9. The number of benzene rings is 2. The van der Waals surface area contributed by atoms with Crippen molar-refractivity contribution in [3.05, 3.63) is 54.1 Å². The van der Waals surface area contributed by atoms with Crippen molar-refractivity contribution < 1.29 is 13.2 Å². The number of piperidine rings is 1. The molecule has 0 radical (unpaired) electrons. The number of hydrogen-bond acceptors (Lipinski definition) is 6. The number of rotatable bonds is 6. The Balaban J connectivity index is 1.25. The van der Waals surface area contributed by atoms with Gasteiger partial charge < -0.3 is 5.32 Å². The van der Waals surface area contributed by atoms with Crippen LogP contribution in [-0.4, -0.2) is 51.7 Å². The molecule has 0 saturated carbocycles. The summed E-state index contributed by atoms with van der Waals surface area (Å²) in [5, 5.41) is 12.4. The fraction of sp³-hybridized carbons (Fsp3) is 0.423. The van der Waals surface area contributed by atoms with Gasteiger partial charge in [-0.25, -0.2) is 8.42 Å². The van der Waals surface area contributed by atoms with Crippen LogP contribution in [0.4, 0.5) is 5.69 Å². The van der Waals surface area contributed by atoms with Crippen LogP contribution in [0.2, 0.25) is 0 Å². The second-order valence-corrected chi connectivity index (χ2v) is 12.9. The van der Waals surface area contributed by atoms with Crippen molar-refractivity contribution in [2.45, 2.75) is 68.1 Å². The average Bonchev–Trinajstić information content (AvgIpc) is 3.29. The first-order valence-electron chi connectivity index (χ1n) is 12.3. The number of sulfonamides is 1. The molecule has 0 aliphatic carbocycles. The van der Waals surface area contributed by atoms with E-state index in [1.807, 2.05) is 19.1 Å². The molecule has 1 amide bonds. The molecule has 2 aliphatic heterocycles. The quantitative estimate of drug-likeness (QED) is 0.475. The number of carbonyl (C=O) groups excluding carboxylic acids is 1. The van der Waals surface area contributed by atoms with E-state index >= 15 is 0 Å². The summed E-state index contributed by atoms with van der Waals surface area (Å²) in [5.74, 6) is 0.803. The van der Waals surface area contributed by atoms with Gasteiger partial charge in [-0.2, -0.15) is 4.31 Å². The highest BCUT2D eigenvalue weighted by molar-refractivity contribution is 7.99. The summed E-state index contributed by atoms with van der Waals surface area (Å²) in [6.45, 7) is 6.81. The van der Waals surface area contributed by atoms with Crippen LogP contribution >= 0.6 is 11.8 Å². The van der Waals surface area contributed by atoms with Gasteiger partial charge in [0.05, 0.1) is 10.6 Å². The Morgan fingerprint density at radius 3 is 2.61 bits per heavy atom. The molecular formula is C26H31N5O3S2. The number of nitrogens with zero attached hydrogens (tertiary/aromatic N) is 4. The van der Waals surface area contributed by atoms with Gasteiger partial charge in [0.2, 0.25) is 15.9 Å². The van der Waals surface area contributed by atoms with Gasteiger partial charge in [0.25, 0.3) is 0 Å². The lowest BCUT2D eigenvalue weighted by molar-refractivity contribution is -0.113. The first-order chi connectivity index (χ1) is 17.2. The number of fused-ring (bicyclic) bond motifs is 3. The largest absolute Gasteiger partial charge is 0.325 e. The maximum atomic E-state index is 13.0. The zero-order valence-electron chi connectivity index (χ0n) is 20.8. The molecule has 2 aromatic carbocycles. The Labute approximate surface area is 216 Å². The van der Waals surface area contributed by atoms with Crippen LogP contribution in [0.3, 0.4) is 0 Å². The van der Waals surface area contributed by atoms with Gasteiger partial charge in [-0.05, 0) is 69.9 Å². The molecule has 1 atom stereocenters. The van der Waals surface area contributed by atoms with Crippen molar-refractivity contribution in [3.63, 3.8) is 0 Å². The number of amides is 1. The van der Waals surface area contributed by atoms with Crippen molar-refractivity contribution in [1.29, 1.82) is 0 Å². The van der Waals surface area contributed by atoms with Crippen LogP contribution in [0.1, 0.15) is 45.6 Å². The van der Waals surface area contributed by atoms with Crippen molar-refractivity contribution in [2.24, 2.45) is 0 Å². The zero-order valence-corrected chi connectivity index (χ0v) is 22.4. The summed E-state index contributed by atoms with van der Waals surface area (Å²) in [6.07, 6.45) is 3.68. The van der Waals surface area contributed by atoms with Crippen molar-refractivity contribution in [2.75, 3.05) is 17.6 Å². The molecule has 0 bridgehead atoms.